The number of rotatable bonds is 3. The van der Waals surface area contributed by atoms with Crippen LogP contribution in [0.25, 0.3) is 10.2 Å². The minimum atomic E-state index is 0.427. The van der Waals surface area contributed by atoms with Gasteiger partial charge in [0.25, 0.3) is 0 Å². The highest BCUT2D eigenvalue weighted by molar-refractivity contribution is 7.99. The summed E-state index contributed by atoms with van der Waals surface area (Å²) in [5.41, 5.74) is 2.49. The molecule has 0 bridgehead atoms. The Labute approximate surface area is 111 Å². The number of hydrogen-bond donors (Lipinski definition) is 2. The molecule has 3 aromatic heterocycles. The van der Waals surface area contributed by atoms with Gasteiger partial charge in [0.15, 0.2) is 0 Å². The van der Waals surface area contributed by atoms with E-state index in [2.05, 4.69) is 20.5 Å². The van der Waals surface area contributed by atoms with Crippen LogP contribution >= 0.6 is 23.1 Å². The largest absolute Gasteiger partial charge is 0.292 e. The quantitative estimate of drug-likeness (QED) is 0.432. The van der Waals surface area contributed by atoms with Crippen molar-refractivity contribution in [2.45, 2.75) is 9.92 Å². The van der Waals surface area contributed by atoms with Crippen LogP contribution in [0.2, 0.25) is 0 Å². The molecule has 0 spiro atoms. The van der Waals surface area contributed by atoms with Gasteiger partial charge in [-0.05, 0) is 11.4 Å². The molecule has 0 fully saturated rings. The summed E-state index contributed by atoms with van der Waals surface area (Å²) in [7, 11) is 1.89. The number of aryl methyl sites for hydroxylation is 1. The van der Waals surface area contributed by atoms with Crippen LogP contribution < -0.4 is 11.3 Å². The monoisotopic (exact) mass is 278 g/mol. The Morgan fingerprint density at radius 1 is 1.44 bits per heavy atom. The van der Waals surface area contributed by atoms with Crippen molar-refractivity contribution in [2.75, 3.05) is 5.43 Å². The van der Waals surface area contributed by atoms with E-state index in [9.17, 15) is 0 Å². The summed E-state index contributed by atoms with van der Waals surface area (Å²) >= 11 is 3.11. The summed E-state index contributed by atoms with van der Waals surface area (Å²) in [6.45, 7) is 0. The number of fused-ring (bicyclic) bond motifs is 1. The van der Waals surface area contributed by atoms with E-state index < -0.39 is 0 Å². The molecule has 18 heavy (non-hydrogen) atoms. The van der Waals surface area contributed by atoms with Gasteiger partial charge in [-0.1, -0.05) is 11.8 Å². The number of nitrogens with one attached hydrogen (secondary N) is 1. The maximum atomic E-state index is 5.38. The first-order valence-corrected chi connectivity index (χ1v) is 6.84. The average molecular weight is 278 g/mol. The molecule has 0 aliphatic carbocycles. The van der Waals surface area contributed by atoms with Gasteiger partial charge in [-0.2, -0.15) is 5.10 Å². The highest BCUT2D eigenvalue weighted by Crippen LogP contribution is 2.33. The molecule has 6 nitrogen and oxygen atoms in total. The normalized spacial score (nSPS) is 11.0. The molecule has 92 valence electrons. The van der Waals surface area contributed by atoms with E-state index in [0.29, 0.717) is 5.95 Å². The van der Waals surface area contributed by atoms with Crippen LogP contribution in [0.1, 0.15) is 0 Å². The average Bonchev–Trinajstić information content (AvgIpc) is 2.98. The Bertz CT molecular complexity index is 689. The first-order valence-electron chi connectivity index (χ1n) is 5.14. The summed E-state index contributed by atoms with van der Waals surface area (Å²) < 4.78 is 1.76. The molecule has 0 saturated carbocycles. The Morgan fingerprint density at radius 3 is 3.06 bits per heavy atom. The lowest BCUT2D eigenvalue weighted by atomic mass is 10.4. The highest BCUT2D eigenvalue weighted by atomic mass is 32.2. The van der Waals surface area contributed by atoms with Crippen molar-refractivity contribution in [1.29, 1.82) is 0 Å². The van der Waals surface area contributed by atoms with Gasteiger partial charge in [-0.25, -0.2) is 15.8 Å². The SMILES string of the molecule is Cn1cc(Sc2nc(NN)nc3sccc23)cn1. The van der Waals surface area contributed by atoms with Crippen molar-refractivity contribution in [3.8, 4) is 0 Å². The molecule has 0 amide bonds. The molecule has 0 radical (unpaired) electrons. The summed E-state index contributed by atoms with van der Waals surface area (Å²) in [5.74, 6) is 5.81. The van der Waals surface area contributed by atoms with Gasteiger partial charge in [-0.3, -0.25) is 10.1 Å². The van der Waals surface area contributed by atoms with Crippen molar-refractivity contribution in [1.82, 2.24) is 19.7 Å². The molecule has 0 atom stereocenters. The maximum absolute atomic E-state index is 5.38. The zero-order valence-corrected chi connectivity index (χ0v) is 11.1. The minimum Gasteiger partial charge on any atom is -0.292 e. The van der Waals surface area contributed by atoms with Gasteiger partial charge in [0.1, 0.15) is 9.86 Å². The molecule has 3 heterocycles. The number of aromatic nitrogens is 4. The number of hydrazine groups is 1. The van der Waals surface area contributed by atoms with Gasteiger partial charge in [0.2, 0.25) is 5.95 Å². The third kappa shape index (κ3) is 2.05. The standard InChI is InChI=1S/C10H10N6S2/c1-16-5-6(4-12-16)18-9-7-2-3-17-8(7)13-10(14-9)15-11/h2-5H,11H2,1H3,(H,13,14,15). The summed E-state index contributed by atoms with van der Waals surface area (Å²) in [6, 6.07) is 2.01. The van der Waals surface area contributed by atoms with Gasteiger partial charge in [0.05, 0.1) is 11.1 Å². The van der Waals surface area contributed by atoms with E-state index in [1.807, 2.05) is 24.7 Å². The lowest BCUT2D eigenvalue weighted by molar-refractivity contribution is 0.766. The Balaban J connectivity index is 2.06. The molecule has 3 rings (SSSR count). The van der Waals surface area contributed by atoms with Crippen molar-refractivity contribution in [3.05, 3.63) is 23.8 Å². The van der Waals surface area contributed by atoms with Crippen LogP contribution in [0.15, 0.2) is 33.8 Å². The molecule has 3 aromatic rings. The van der Waals surface area contributed by atoms with Gasteiger partial charge >= 0.3 is 0 Å². The summed E-state index contributed by atoms with van der Waals surface area (Å²) in [6.07, 6.45) is 3.75. The van der Waals surface area contributed by atoms with Crippen LogP contribution in [-0.4, -0.2) is 19.7 Å². The topological polar surface area (TPSA) is 81.7 Å². The number of nitrogens with zero attached hydrogens (tertiary/aromatic N) is 4. The molecule has 3 N–H and O–H groups in total. The van der Waals surface area contributed by atoms with Crippen molar-refractivity contribution < 1.29 is 0 Å². The lowest BCUT2D eigenvalue weighted by Gasteiger charge is -2.03. The number of nitrogen functional groups attached to an aromatic ring is 1. The predicted molar refractivity (Wildman–Crippen MR) is 72.6 cm³/mol. The van der Waals surface area contributed by atoms with Crippen LogP contribution in [-0.2, 0) is 7.05 Å². The van der Waals surface area contributed by atoms with E-state index in [0.717, 1.165) is 20.1 Å². The third-order valence-electron chi connectivity index (χ3n) is 2.31. The molecule has 0 aromatic carbocycles. The molecule has 0 saturated heterocycles. The van der Waals surface area contributed by atoms with Gasteiger partial charge in [0, 0.05) is 18.6 Å². The second-order valence-electron chi connectivity index (χ2n) is 3.59. The second kappa shape index (κ2) is 4.56. The predicted octanol–water partition coefficient (Wildman–Crippen LogP) is 1.86. The smallest absolute Gasteiger partial charge is 0.239 e. The minimum absolute atomic E-state index is 0.427. The number of nitrogens with two attached hydrogens (primary N) is 1. The maximum Gasteiger partial charge on any atom is 0.239 e. The fourth-order valence-electron chi connectivity index (χ4n) is 1.53. The van der Waals surface area contributed by atoms with E-state index in [1.54, 1.807) is 34.0 Å². The van der Waals surface area contributed by atoms with Crippen molar-refractivity contribution in [3.63, 3.8) is 0 Å². The van der Waals surface area contributed by atoms with Crippen LogP contribution in [0.4, 0.5) is 5.95 Å². The number of anilines is 1. The molecule has 0 unspecified atom stereocenters. The van der Waals surface area contributed by atoms with E-state index >= 15 is 0 Å². The Hall–Kier alpha value is -1.64. The van der Waals surface area contributed by atoms with Crippen LogP contribution in [0.3, 0.4) is 0 Å². The Morgan fingerprint density at radius 2 is 2.33 bits per heavy atom. The molecule has 0 aliphatic rings. The highest BCUT2D eigenvalue weighted by Gasteiger charge is 2.10. The van der Waals surface area contributed by atoms with Crippen molar-refractivity contribution in [2.24, 2.45) is 12.9 Å². The summed E-state index contributed by atoms with van der Waals surface area (Å²) in [5, 5.41) is 8.04. The Kier molecular flexibility index (Phi) is 2.90. The van der Waals surface area contributed by atoms with Gasteiger partial charge < -0.3 is 0 Å². The molecule has 0 aliphatic heterocycles. The first-order chi connectivity index (χ1) is 8.76. The second-order valence-corrected chi connectivity index (χ2v) is 5.54. The number of thiophene rings is 1. The first kappa shape index (κ1) is 11.5. The fraction of sp³-hybridized carbons (Fsp3) is 0.100. The molecular formula is C10H10N6S2. The van der Waals surface area contributed by atoms with E-state index in [4.69, 9.17) is 5.84 Å². The van der Waals surface area contributed by atoms with Crippen molar-refractivity contribution >= 4 is 39.3 Å². The van der Waals surface area contributed by atoms with Crippen LogP contribution in [0.5, 0.6) is 0 Å². The zero-order valence-electron chi connectivity index (χ0n) is 9.49. The third-order valence-corrected chi connectivity index (χ3v) is 4.07. The van der Waals surface area contributed by atoms with Crippen LogP contribution in [0, 0.1) is 0 Å². The zero-order chi connectivity index (χ0) is 12.5. The van der Waals surface area contributed by atoms with Gasteiger partial charge in [-0.15, -0.1) is 11.3 Å². The molecule has 8 heteroatoms. The van der Waals surface area contributed by atoms with E-state index in [-0.39, 0.29) is 0 Å². The van der Waals surface area contributed by atoms with E-state index in [1.165, 1.54) is 0 Å². The lowest BCUT2D eigenvalue weighted by Crippen LogP contribution is -2.10. The number of hydrogen-bond acceptors (Lipinski definition) is 7. The molecular weight excluding hydrogens is 268 g/mol. The fourth-order valence-corrected chi connectivity index (χ4v) is 3.30. The summed E-state index contributed by atoms with van der Waals surface area (Å²) in [4.78, 5) is 10.6.